The molecular formula is C16H24N2O3S. The van der Waals surface area contributed by atoms with Crippen molar-refractivity contribution in [1.82, 2.24) is 10.2 Å². The van der Waals surface area contributed by atoms with E-state index in [4.69, 9.17) is 0 Å². The molecule has 2 heterocycles. The molecule has 0 aromatic carbocycles. The highest BCUT2D eigenvalue weighted by Crippen LogP contribution is 2.35. The Balaban J connectivity index is 2.01. The van der Waals surface area contributed by atoms with Crippen molar-refractivity contribution in [3.63, 3.8) is 0 Å². The lowest BCUT2D eigenvalue weighted by molar-refractivity contribution is -0.142. The number of aliphatic carboxylic acids is 1. The normalized spacial score (nSPS) is 20.8. The minimum absolute atomic E-state index is 0.0640. The van der Waals surface area contributed by atoms with E-state index in [-0.39, 0.29) is 23.9 Å². The van der Waals surface area contributed by atoms with Gasteiger partial charge in [-0.3, -0.25) is 14.5 Å². The van der Waals surface area contributed by atoms with Crippen LogP contribution in [0.25, 0.3) is 0 Å². The number of likely N-dealkylation sites (tertiary alicyclic amines) is 1. The molecule has 0 radical (unpaired) electrons. The van der Waals surface area contributed by atoms with E-state index in [0.717, 1.165) is 11.3 Å². The maximum Gasteiger partial charge on any atom is 0.320 e. The lowest BCUT2D eigenvalue weighted by atomic mass is 9.85. The average Bonchev–Trinajstić information content (AvgIpc) is 3.05. The number of carboxylic acid groups (broad SMARTS) is 1. The Morgan fingerprint density at radius 1 is 1.50 bits per heavy atom. The number of hydrogen-bond acceptors (Lipinski definition) is 4. The summed E-state index contributed by atoms with van der Waals surface area (Å²) in [5, 5.41) is 14.3. The van der Waals surface area contributed by atoms with Crippen molar-refractivity contribution in [2.24, 2.45) is 5.41 Å². The van der Waals surface area contributed by atoms with Gasteiger partial charge in [0.1, 0.15) is 6.04 Å². The average molecular weight is 324 g/mol. The maximum atomic E-state index is 12.4. The van der Waals surface area contributed by atoms with Gasteiger partial charge in [-0.05, 0) is 36.2 Å². The molecule has 1 aromatic heterocycles. The van der Waals surface area contributed by atoms with Crippen molar-refractivity contribution in [3.05, 3.63) is 22.4 Å². The Morgan fingerprint density at radius 2 is 2.23 bits per heavy atom. The number of carbonyl (C=O) groups excluding carboxylic acids is 1. The monoisotopic (exact) mass is 324 g/mol. The fraction of sp³-hybridized carbons (Fsp3) is 0.625. The fourth-order valence-electron chi connectivity index (χ4n) is 2.86. The molecule has 6 heteroatoms. The molecule has 122 valence electrons. The Morgan fingerprint density at radius 3 is 2.77 bits per heavy atom. The summed E-state index contributed by atoms with van der Waals surface area (Å²) in [4.78, 5) is 26.4. The quantitative estimate of drug-likeness (QED) is 0.873. The summed E-state index contributed by atoms with van der Waals surface area (Å²) in [6.45, 7) is 7.09. The minimum atomic E-state index is -0.837. The molecule has 5 nitrogen and oxygen atoms in total. The molecule has 0 saturated carbocycles. The summed E-state index contributed by atoms with van der Waals surface area (Å²) in [5.41, 5.74) is -0.0995. The van der Waals surface area contributed by atoms with E-state index in [9.17, 15) is 14.7 Å². The summed E-state index contributed by atoms with van der Waals surface area (Å²) >= 11 is 1.63. The van der Waals surface area contributed by atoms with Gasteiger partial charge in [-0.15, -0.1) is 11.3 Å². The topological polar surface area (TPSA) is 69.6 Å². The lowest BCUT2D eigenvalue weighted by Gasteiger charge is -2.31. The van der Waals surface area contributed by atoms with Gasteiger partial charge in [-0.25, -0.2) is 0 Å². The minimum Gasteiger partial charge on any atom is -0.480 e. The van der Waals surface area contributed by atoms with Crippen LogP contribution in [0.15, 0.2) is 17.5 Å². The second kappa shape index (κ2) is 6.79. The van der Waals surface area contributed by atoms with Gasteiger partial charge < -0.3 is 10.4 Å². The van der Waals surface area contributed by atoms with Gasteiger partial charge in [0, 0.05) is 4.88 Å². The van der Waals surface area contributed by atoms with Crippen LogP contribution in [-0.4, -0.2) is 41.0 Å². The van der Waals surface area contributed by atoms with Gasteiger partial charge in [0.05, 0.1) is 12.6 Å². The van der Waals surface area contributed by atoms with Crippen molar-refractivity contribution >= 4 is 23.2 Å². The number of nitrogens with one attached hydrogen (secondary N) is 1. The van der Waals surface area contributed by atoms with Gasteiger partial charge in [0.25, 0.3) is 0 Å². The molecule has 0 spiro atoms. The van der Waals surface area contributed by atoms with E-state index in [2.05, 4.69) is 26.1 Å². The van der Waals surface area contributed by atoms with E-state index >= 15 is 0 Å². The zero-order valence-corrected chi connectivity index (χ0v) is 14.2. The second-order valence-corrected chi connectivity index (χ2v) is 7.83. The van der Waals surface area contributed by atoms with Crippen molar-refractivity contribution in [2.75, 3.05) is 13.1 Å². The first kappa shape index (κ1) is 17.0. The number of carboxylic acids is 1. The second-order valence-electron chi connectivity index (χ2n) is 6.85. The highest BCUT2D eigenvalue weighted by molar-refractivity contribution is 7.10. The van der Waals surface area contributed by atoms with Crippen molar-refractivity contribution in [3.8, 4) is 0 Å². The van der Waals surface area contributed by atoms with E-state index in [1.807, 2.05) is 17.5 Å². The molecule has 2 rings (SSSR count). The molecule has 2 atom stereocenters. The molecule has 1 fully saturated rings. The van der Waals surface area contributed by atoms with Crippen LogP contribution in [0.3, 0.4) is 0 Å². The van der Waals surface area contributed by atoms with Gasteiger partial charge in [0.2, 0.25) is 5.91 Å². The number of rotatable bonds is 5. The molecule has 1 saturated heterocycles. The van der Waals surface area contributed by atoms with E-state index < -0.39 is 12.0 Å². The molecule has 1 aliphatic heterocycles. The van der Waals surface area contributed by atoms with E-state index in [1.54, 1.807) is 16.2 Å². The first-order valence-corrected chi connectivity index (χ1v) is 8.46. The lowest BCUT2D eigenvalue weighted by Crippen LogP contribution is -2.45. The summed E-state index contributed by atoms with van der Waals surface area (Å²) in [7, 11) is 0. The first-order valence-electron chi connectivity index (χ1n) is 7.58. The smallest absolute Gasteiger partial charge is 0.320 e. The zero-order valence-electron chi connectivity index (χ0n) is 13.3. The summed E-state index contributed by atoms with van der Waals surface area (Å²) in [6.07, 6.45) is 1.45. The molecule has 1 aromatic rings. The Hall–Kier alpha value is -1.40. The summed E-state index contributed by atoms with van der Waals surface area (Å²) < 4.78 is 0. The van der Waals surface area contributed by atoms with Crippen LogP contribution in [0, 0.1) is 5.41 Å². The fourth-order valence-corrected chi connectivity index (χ4v) is 3.88. The Labute approximate surface area is 135 Å². The maximum absolute atomic E-state index is 12.4. The number of nitrogens with zero attached hydrogens (tertiary/aromatic N) is 1. The predicted molar refractivity (Wildman–Crippen MR) is 86.9 cm³/mol. The SMILES string of the molecule is CC(C)(C)[C@@H](NC(=O)CN1CCC[C@H]1C(=O)O)c1cccs1. The largest absolute Gasteiger partial charge is 0.480 e. The molecule has 1 amide bonds. The highest BCUT2D eigenvalue weighted by atomic mass is 32.1. The Bertz CT molecular complexity index is 522. The van der Waals surface area contributed by atoms with Gasteiger partial charge >= 0.3 is 5.97 Å². The van der Waals surface area contributed by atoms with Gasteiger partial charge in [0.15, 0.2) is 0 Å². The summed E-state index contributed by atoms with van der Waals surface area (Å²) in [6, 6.07) is 3.41. The molecule has 0 bridgehead atoms. The molecular weight excluding hydrogens is 300 g/mol. The van der Waals surface area contributed by atoms with Crippen LogP contribution in [0.1, 0.15) is 44.5 Å². The molecule has 1 aliphatic rings. The van der Waals surface area contributed by atoms with Crippen LogP contribution in [0.2, 0.25) is 0 Å². The third kappa shape index (κ3) is 4.08. The number of amides is 1. The standard InChI is InChI=1S/C16H24N2O3S/c1-16(2,3)14(12-7-5-9-22-12)17-13(19)10-18-8-4-6-11(18)15(20)21/h5,7,9,11,14H,4,6,8,10H2,1-3H3,(H,17,19)(H,20,21)/t11-,14-/m0/s1. The van der Waals surface area contributed by atoms with Gasteiger partial charge in [-0.2, -0.15) is 0 Å². The third-order valence-electron chi connectivity index (χ3n) is 3.99. The van der Waals surface area contributed by atoms with Crippen LogP contribution >= 0.6 is 11.3 Å². The summed E-state index contributed by atoms with van der Waals surface area (Å²) in [5.74, 6) is -0.947. The molecule has 2 N–H and O–H groups in total. The van der Waals surface area contributed by atoms with Crippen LogP contribution in [0.4, 0.5) is 0 Å². The van der Waals surface area contributed by atoms with Crippen LogP contribution in [0.5, 0.6) is 0 Å². The number of hydrogen-bond donors (Lipinski definition) is 2. The number of carbonyl (C=O) groups is 2. The number of thiophene rings is 1. The zero-order chi connectivity index (χ0) is 16.3. The van der Waals surface area contributed by atoms with Crippen molar-refractivity contribution in [1.29, 1.82) is 0 Å². The first-order chi connectivity index (χ1) is 10.3. The van der Waals surface area contributed by atoms with E-state index in [1.165, 1.54) is 0 Å². The van der Waals surface area contributed by atoms with Gasteiger partial charge in [-0.1, -0.05) is 26.8 Å². The van der Waals surface area contributed by atoms with Crippen LogP contribution in [-0.2, 0) is 9.59 Å². The van der Waals surface area contributed by atoms with E-state index in [0.29, 0.717) is 13.0 Å². The highest BCUT2D eigenvalue weighted by Gasteiger charge is 2.33. The molecule has 0 aliphatic carbocycles. The van der Waals surface area contributed by atoms with Crippen molar-refractivity contribution in [2.45, 2.75) is 45.7 Å². The van der Waals surface area contributed by atoms with Crippen molar-refractivity contribution < 1.29 is 14.7 Å². The molecule has 22 heavy (non-hydrogen) atoms. The Kier molecular flexibility index (Phi) is 5.24. The predicted octanol–water partition coefficient (Wildman–Crippen LogP) is 2.50. The van der Waals surface area contributed by atoms with Crippen LogP contribution < -0.4 is 5.32 Å². The molecule has 0 unspecified atom stereocenters. The third-order valence-corrected chi connectivity index (χ3v) is 4.93.